The van der Waals surface area contributed by atoms with Gasteiger partial charge >= 0.3 is 0 Å². The normalized spacial score (nSPS) is 28.8. The summed E-state index contributed by atoms with van der Waals surface area (Å²) in [5.41, 5.74) is 1.57. The standard InChI is InChI=1S/C19H27N3O3S/c1-20-15-6-7-16(20)14-22(9-8-15)19(23)17-4-2-3-5-18(17)21-10-12-26(24,25)13-11-21/h2-5,15-16H,6-14H2,1H3/t15-,16+/m1/s1. The molecule has 0 aromatic heterocycles. The number of carbonyl (C=O) groups is 1. The van der Waals surface area contributed by atoms with Crippen molar-refractivity contribution in [2.24, 2.45) is 0 Å². The van der Waals surface area contributed by atoms with Crippen molar-refractivity contribution in [2.75, 3.05) is 49.6 Å². The number of hydrogen-bond acceptors (Lipinski definition) is 5. The lowest BCUT2D eigenvalue weighted by Gasteiger charge is -2.32. The van der Waals surface area contributed by atoms with Crippen molar-refractivity contribution >= 4 is 21.4 Å². The van der Waals surface area contributed by atoms with Crippen molar-refractivity contribution in [1.29, 1.82) is 0 Å². The monoisotopic (exact) mass is 377 g/mol. The fourth-order valence-corrected chi connectivity index (χ4v) is 5.75. The van der Waals surface area contributed by atoms with Crippen molar-refractivity contribution < 1.29 is 13.2 Å². The van der Waals surface area contributed by atoms with Crippen LogP contribution in [0.2, 0.25) is 0 Å². The maximum absolute atomic E-state index is 13.3. The third-order valence-corrected chi connectivity index (χ3v) is 7.86. The summed E-state index contributed by atoms with van der Waals surface area (Å²) >= 11 is 0. The Kier molecular flexibility index (Phi) is 4.69. The number of carbonyl (C=O) groups excluding carboxylic acids is 1. The van der Waals surface area contributed by atoms with Gasteiger partial charge in [-0.3, -0.25) is 9.69 Å². The highest BCUT2D eigenvalue weighted by Crippen LogP contribution is 2.30. The SMILES string of the molecule is CN1[C@@H]2CC[C@H]1CN(C(=O)c1ccccc1N1CCS(=O)(=O)CC1)CC2. The smallest absolute Gasteiger partial charge is 0.256 e. The average molecular weight is 378 g/mol. The van der Waals surface area contributed by atoms with Gasteiger partial charge in [0.25, 0.3) is 5.91 Å². The summed E-state index contributed by atoms with van der Waals surface area (Å²) < 4.78 is 23.5. The molecule has 3 saturated heterocycles. The maximum Gasteiger partial charge on any atom is 0.256 e. The Morgan fingerprint density at radius 2 is 1.69 bits per heavy atom. The van der Waals surface area contributed by atoms with Crippen LogP contribution in [-0.4, -0.2) is 80.9 Å². The van der Waals surface area contributed by atoms with Gasteiger partial charge in [-0.25, -0.2) is 8.42 Å². The van der Waals surface area contributed by atoms with Crippen LogP contribution < -0.4 is 4.90 Å². The summed E-state index contributed by atoms with van der Waals surface area (Å²) in [5.74, 6) is 0.400. The lowest BCUT2D eigenvalue weighted by atomic mass is 10.1. The van der Waals surface area contributed by atoms with Crippen molar-refractivity contribution in [1.82, 2.24) is 9.80 Å². The number of likely N-dealkylation sites (N-methyl/N-ethyl adjacent to an activating group) is 1. The van der Waals surface area contributed by atoms with Crippen molar-refractivity contribution in [3.63, 3.8) is 0 Å². The Morgan fingerprint density at radius 3 is 2.46 bits per heavy atom. The molecule has 3 aliphatic rings. The molecule has 6 nitrogen and oxygen atoms in total. The number of fused-ring (bicyclic) bond motifs is 2. The second-order valence-corrected chi connectivity index (χ2v) is 10.0. The number of amides is 1. The first-order valence-electron chi connectivity index (χ1n) is 9.50. The van der Waals surface area contributed by atoms with Gasteiger partial charge in [0, 0.05) is 44.0 Å². The quantitative estimate of drug-likeness (QED) is 0.776. The number of sulfone groups is 1. The third kappa shape index (κ3) is 3.34. The van der Waals surface area contributed by atoms with E-state index in [0.717, 1.165) is 31.6 Å². The Morgan fingerprint density at radius 1 is 1.00 bits per heavy atom. The van der Waals surface area contributed by atoms with Crippen LogP contribution in [0.3, 0.4) is 0 Å². The molecule has 7 heteroatoms. The minimum Gasteiger partial charge on any atom is -0.369 e. The molecule has 1 aromatic rings. The summed E-state index contributed by atoms with van der Waals surface area (Å²) in [7, 11) is -0.758. The largest absolute Gasteiger partial charge is 0.369 e. The fourth-order valence-electron chi connectivity index (χ4n) is 4.55. The number of benzene rings is 1. The molecule has 0 spiro atoms. The molecule has 1 aromatic carbocycles. The molecule has 2 atom stereocenters. The Bertz CT molecular complexity index is 781. The van der Waals surface area contributed by atoms with Crippen LogP contribution >= 0.6 is 0 Å². The first-order chi connectivity index (χ1) is 12.4. The van der Waals surface area contributed by atoms with E-state index in [1.54, 1.807) is 0 Å². The molecule has 1 amide bonds. The first kappa shape index (κ1) is 17.8. The van der Waals surface area contributed by atoms with Gasteiger partial charge in [-0.2, -0.15) is 0 Å². The van der Waals surface area contributed by atoms with Crippen LogP contribution in [0.25, 0.3) is 0 Å². The van der Waals surface area contributed by atoms with Gasteiger partial charge in [0.15, 0.2) is 9.84 Å². The average Bonchev–Trinajstić information content (AvgIpc) is 2.87. The zero-order chi connectivity index (χ0) is 18.3. The molecule has 142 valence electrons. The number of hydrogen-bond donors (Lipinski definition) is 0. The second-order valence-electron chi connectivity index (χ2n) is 7.75. The van der Waals surface area contributed by atoms with Crippen molar-refractivity contribution in [3.05, 3.63) is 29.8 Å². The zero-order valence-electron chi connectivity index (χ0n) is 15.3. The molecule has 26 heavy (non-hydrogen) atoms. The minimum atomic E-state index is -2.94. The van der Waals surface area contributed by atoms with E-state index in [1.165, 1.54) is 6.42 Å². The molecular formula is C19H27N3O3S. The van der Waals surface area contributed by atoms with E-state index in [4.69, 9.17) is 0 Å². The highest BCUT2D eigenvalue weighted by Gasteiger charge is 2.36. The second kappa shape index (κ2) is 6.85. The summed E-state index contributed by atoms with van der Waals surface area (Å²) in [4.78, 5) is 19.8. The van der Waals surface area contributed by atoms with Crippen LogP contribution in [0.15, 0.2) is 24.3 Å². The third-order valence-electron chi connectivity index (χ3n) is 6.26. The number of para-hydroxylation sites is 1. The zero-order valence-corrected chi connectivity index (χ0v) is 16.1. The van der Waals surface area contributed by atoms with E-state index in [1.807, 2.05) is 34.1 Å². The lowest BCUT2D eigenvalue weighted by molar-refractivity contribution is 0.0741. The molecule has 3 heterocycles. The lowest BCUT2D eigenvalue weighted by Crippen LogP contribution is -2.43. The molecule has 0 aliphatic carbocycles. The first-order valence-corrected chi connectivity index (χ1v) is 11.3. The van der Waals surface area contributed by atoms with Crippen LogP contribution in [0.1, 0.15) is 29.6 Å². The summed E-state index contributed by atoms with van der Waals surface area (Å²) in [6.07, 6.45) is 3.43. The van der Waals surface area contributed by atoms with E-state index in [0.29, 0.717) is 30.7 Å². The van der Waals surface area contributed by atoms with E-state index in [-0.39, 0.29) is 17.4 Å². The summed E-state index contributed by atoms with van der Waals surface area (Å²) in [6, 6.07) is 8.70. The van der Waals surface area contributed by atoms with Gasteiger partial charge in [0.1, 0.15) is 0 Å². The molecule has 3 aliphatic heterocycles. The summed E-state index contributed by atoms with van der Waals surface area (Å²) in [5, 5.41) is 0. The van der Waals surface area contributed by atoms with E-state index >= 15 is 0 Å². The highest BCUT2D eigenvalue weighted by molar-refractivity contribution is 7.91. The number of anilines is 1. The fraction of sp³-hybridized carbons (Fsp3) is 0.632. The van der Waals surface area contributed by atoms with Gasteiger partial charge in [-0.05, 0) is 38.4 Å². The molecule has 0 N–H and O–H groups in total. The molecule has 0 unspecified atom stereocenters. The number of nitrogens with zero attached hydrogens (tertiary/aromatic N) is 3. The van der Waals surface area contributed by atoms with Gasteiger partial charge in [-0.15, -0.1) is 0 Å². The van der Waals surface area contributed by atoms with Crippen LogP contribution in [0, 0.1) is 0 Å². The van der Waals surface area contributed by atoms with Crippen LogP contribution in [0.5, 0.6) is 0 Å². The van der Waals surface area contributed by atoms with Gasteiger partial charge in [0.2, 0.25) is 0 Å². The van der Waals surface area contributed by atoms with E-state index in [2.05, 4.69) is 11.9 Å². The van der Waals surface area contributed by atoms with Crippen molar-refractivity contribution in [2.45, 2.75) is 31.3 Å². The molecule has 3 fully saturated rings. The number of rotatable bonds is 2. The summed E-state index contributed by atoms with van der Waals surface area (Å²) in [6.45, 7) is 2.50. The van der Waals surface area contributed by atoms with Crippen LogP contribution in [-0.2, 0) is 9.84 Å². The van der Waals surface area contributed by atoms with Crippen molar-refractivity contribution in [3.8, 4) is 0 Å². The topological polar surface area (TPSA) is 60.9 Å². The van der Waals surface area contributed by atoms with Gasteiger partial charge < -0.3 is 9.80 Å². The maximum atomic E-state index is 13.3. The Hall–Kier alpha value is -1.60. The molecule has 0 saturated carbocycles. The Balaban J connectivity index is 1.55. The van der Waals surface area contributed by atoms with Gasteiger partial charge in [-0.1, -0.05) is 12.1 Å². The van der Waals surface area contributed by atoms with Crippen LogP contribution in [0.4, 0.5) is 5.69 Å². The Labute approximate surface area is 155 Å². The predicted molar refractivity (Wildman–Crippen MR) is 102 cm³/mol. The molecular weight excluding hydrogens is 350 g/mol. The minimum absolute atomic E-state index is 0.0787. The predicted octanol–water partition coefficient (Wildman–Crippen LogP) is 1.23. The van der Waals surface area contributed by atoms with E-state index < -0.39 is 9.84 Å². The number of likely N-dealkylation sites (tertiary alicyclic amines) is 1. The van der Waals surface area contributed by atoms with Gasteiger partial charge in [0.05, 0.1) is 17.1 Å². The molecule has 2 bridgehead atoms. The molecule has 0 radical (unpaired) electrons. The molecule has 4 rings (SSSR count). The van der Waals surface area contributed by atoms with E-state index in [9.17, 15) is 13.2 Å². The highest BCUT2D eigenvalue weighted by atomic mass is 32.2.